The zero-order valence-electron chi connectivity index (χ0n) is 8.68. The van der Waals surface area contributed by atoms with Crippen LogP contribution in [0.2, 0.25) is 0 Å². The Bertz CT molecular complexity index is 800. The van der Waals surface area contributed by atoms with E-state index in [2.05, 4.69) is 10.1 Å². The van der Waals surface area contributed by atoms with Crippen LogP contribution in [0.1, 0.15) is 10.4 Å². The fourth-order valence-corrected chi connectivity index (χ4v) is 1.86. The Kier molecular flexibility index (Phi) is 1.79. The van der Waals surface area contributed by atoms with Crippen molar-refractivity contribution >= 4 is 22.5 Å². The molecular weight excluding hydrogens is 220 g/mol. The van der Waals surface area contributed by atoms with E-state index in [0.29, 0.717) is 16.6 Å². The summed E-state index contributed by atoms with van der Waals surface area (Å²) in [7, 11) is 0. The number of H-pyrrole nitrogens is 1. The summed E-state index contributed by atoms with van der Waals surface area (Å²) in [4.78, 5) is 25.6. The number of nitrogens with zero attached hydrogens (tertiary/aromatic N) is 2. The maximum Gasteiger partial charge on any atom is 0.259 e. The Labute approximate surface area is 94.7 Å². The maximum absolute atomic E-state index is 11.8. The Morgan fingerprint density at radius 2 is 2.12 bits per heavy atom. The van der Waals surface area contributed by atoms with Gasteiger partial charge in [0.25, 0.3) is 11.5 Å². The molecule has 0 aliphatic carbocycles. The van der Waals surface area contributed by atoms with Gasteiger partial charge in [0.2, 0.25) is 0 Å². The summed E-state index contributed by atoms with van der Waals surface area (Å²) in [6.45, 7) is 0. The highest BCUT2D eigenvalue weighted by Crippen LogP contribution is 2.13. The molecule has 0 radical (unpaired) electrons. The SMILES string of the molecule is NC(=O)c1cnn2c1[nH]c(=O)c1ccccc12. The van der Waals surface area contributed by atoms with Gasteiger partial charge >= 0.3 is 0 Å². The summed E-state index contributed by atoms with van der Waals surface area (Å²) in [5.74, 6) is -0.620. The van der Waals surface area contributed by atoms with Crippen LogP contribution in [0.15, 0.2) is 35.3 Å². The smallest absolute Gasteiger partial charge is 0.259 e. The Morgan fingerprint density at radius 1 is 1.35 bits per heavy atom. The summed E-state index contributed by atoms with van der Waals surface area (Å²) < 4.78 is 1.50. The van der Waals surface area contributed by atoms with E-state index in [1.54, 1.807) is 24.3 Å². The number of benzene rings is 1. The minimum atomic E-state index is -0.620. The van der Waals surface area contributed by atoms with E-state index >= 15 is 0 Å². The number of nitrogens with one attached hydrogen (secondary N) is 1. The molecule has 0 unspecified atom stereocenters. The van der Waals surface area contributed by atoms with Crippen molar-refractivity contribution in [3.8, 4) is 0 Å². The summed E-state index contributed by atoms with van der Waals surface area (Å²) in [5, 5.41) is 4.57. The van der Waals surface area contributed by atoms with Crippen molar-refractivity contribution in [2.24, 2.45) is 5.73 Å². The van der Waals surface area contributed by atoms with Crippen molar-refractivity contribution in [2.75, 3.05) is 0 Å². The number of para-hydroxylation sites is 1. The van der Waals surface area contributed by atoms with Gasteiger partial charge in [-0.15, -0.1) is 0 Å². The van der Waals surface area contributed by atoms with Crippen molar-refractivity contribution in [2.45, 2.75) is 0 Å². The van der Waals surface area contributed by atoms with E-state index in [-0.39, 0.29) is 11.1 Å². The average Bonchev–Trinajstić information content (AvgIpc) is 2.73. The molecule has 3 rings (SSSR count). The van der Waals surface area contributed by atoms with Crippen LogP contribution in [0.4, 0.5) is 0 Å². The quantitative estimate of drug-likeness (QED) is 0.626. The molecule has 6 heteroatoms. The van der Waals surface area contributed by atoms with Gasteiger partial charge in [-0.05, 0) is 12.1 Å². The lowest BCUT2D eigenvalue weighted by atomic mass is 10.2. The van der Waals surface area contributed by atoms with Crippen LogP contribution in [-0.2, 0) is 0 Å². The lowest BCUT2D eigenvalue weighted by Crippen LogP contribution is -2.14. The second kappa shape index (κ2) is 3.18. The first-order valence-corrected chi connectivity index (χ1v) is 4.97. The van der Waals surface area contributed by atoms with E-state index in [1.165, 1.54) is 10.7 Å². The monoisotopic (exact) mass is 228 g/mol. The Balaban J connectivity index is 2.59. The van der Waals surface area contributed by atoms with Crippen molar-refractivity contribution < 1.29 is 4.79 Å². The zero-order valence-corrected chi connectivity index (χ0v) is 8.68. The first-order valence-electron chi connectivity index (χ1n) is 4.97. The van der Waals surface area contributed by atoms with Gasteiger partial charge in [-0.2, -0.15) is 5.10 Å². The molecule has 84 valence electrons. The van der Waals surface area contributed by atoms with Gasteiger partial charge < -0.3 is 10.7 Å². The lowest BCUT2D eigenvalue weighted by Gasteiger charge is -2.00. The molecule has 1 amide bonds. The average molecular weight is 228 g/mol. The van der Waals surface area contributed by atoms with E-state index in [9.17, 15) is 9.59 Å². The molecule has 0 fully saturated rings. The van der Waals surface area contributed by atoms with Gasteiger partial charge in [-0.25, -0.2) is 4.52 Å². The van der Waals surface area contributed by atoms with Crippen LogP contribution in [0.25, 0.3) is 16.6 Å². The number of rotatable bonds is 1. The van der Waals surface area contributed by atoms with Gasteiger partial charge in [0, 0.05) is 0 Å². The first kappa shape index (κ1) is 9.59. The molecule has 1 aromatic carbocycles. The van der Waals surface area contributed by atoms with Crippen LogP contribution in [0.5, 0.6) is 0 Å². The highest BCUT2D eigenvalue weighted by molar-refractivity contribution is 5.99. The van der Waals surface area contributed by atoms with Crippen molar-refractivity contribution in [3.63, 3.8) is 0 Å². The number of nitrogens with two attached hydrogens (primary N) is 1. The number of carbonyl (C=O) groups is 1. The number of primary amides is 1. The Morgan fingerprint density at radius 3 is 2.88 bits per heavy atom. The summed E-state index contributed by atoms with van der Waals surface area (Å²) in [6.07, 6.45) is 1.35. The predicted octanol–water partition coefficient (Wildman–Crippen LogP) is 0.275. The molecule has 0 atom stereocenters. The number of carbonyl (C=O) groups excluding carboxylic acids is 1. The van der Waals surface area contributed by atoms with E-state index < -0.39 is 5.91 Å². The third-order valence-corrected chi connectivity index (χ3v) is 2.64. The molecule has 0 saturated carbocycles. The molecule has 6 nitrogen and oxygen atoms in total. The highest BCUT2D eigenvalue weighted by Gasteiger charge is 2.13. The van der Waals surface area contributed by atoms with E-state index in [4.69, 9.17) is 5.73 Å². The number of hydrogen-bond donors (Lipinski definition) is 2. The van der Waals surface area contributed by atoms with E-state index in [0.717, 1.165) is 0 Å². The normalized spacial score (nSPS) is 11.1. The fraction of sp³-hybridized carbons (Fsp3) is 0. The van der Waals surface area contributed by atoms with Crippen molar-refractivity contribution in [1.82, 2.24) is 14.6 Å². The number of amides is 1. The summed E-state index contributed by atoms with van der Waals surface area (Å²) in [5.41, 5.74) is 6.10. The molecule has 0 saturated heterocycles. The number of fused-ring (bicyclic) bond motifs is 3. The Hall–Kier alpha value is -2.63. The molecule has 3 N–H and O–H groups in total. The lowest BCUT2D eigenvalue weighted by molar-refractivity contribution is 0.100. The fourth-order valence-electron chi connectivity index (χ4n) is 1.86. The first-order chi connectivity index (χ1) is 8.18. The minimum Gasteiger partial charge on any atom is -0.365 e. The molecule has 0 bridgehead atoms. The minimum absolute atomic E-state index is 0.202. The number of aromatic nitrogens is 3. The van der Waals surface area contributed by atoms with Crippen molar-refractivity contribution in [1.29, 1.82) is 0 Å². The molecule has 17 heavy (non-hydrogen) atoms. The maximum atomic E-state index is 11.8. The third-order valence-electron chi connectivity index (χ3n) is 2.64. The van der Waals surface area contributed by atoms with Crippen LogP contribution >= 0.6 is 0 Å². The second-order valence-corrected chi connectivity index (χ2v) is 3.65. The van der Waals surface area contributed by atoms with Crippen LogP contribution in [0, 0.1) is 0 Å². The van der Waals surface area contributed by atoms with Gasteiger partial charge in [0.15, 0.2) is 0 Å². The van der Waals surface area contributed by atoms with Crippen LogP contribution in [0.3, 0.4) is 0 Å². The molecule has 3 aromatic rings. The predicted molar refractivity (Wildman–Crippen MR) is 61.8 cm³/mol. The van der Waals surface area contributed by atoms with E-state index in [1.807, 2.05) is 0 Å². The molecule has 2 aromatic heterocycles. The van der Waals surface area contributed by atoms with Crippen LogP contribution in [-0.4, -0.2) is 20.5 Å². The van der Waals surface area contributed by atoms with Crippen molar-refractivity contribution in [3.05, 3.63) is 46.4 Å². The molecule has 0 aliphatic heterocycles. The standard InChI is InChI=1S/C11H8N4O2/c12-9(16)7-5-13-15-8-4-2-1-3-6(8)11(17)14-10(7)15/h1-5H,(H2,12,16)(H,14,17). The second-order valence-electron chi connectivity index (χ2n) is 3.65. The van der Waals surface area contributed by atoms with Gasteiger partial charge in [0.1, 0.15) is 11.2 Å². The van der Waals surface area contributed by atoms with Gasteiger partial charge in [-0.1, -0.05) is 12.1 Å². The van der Waals surface area contributed by atoms with Crippen LogP contribution < -0.4 is 11.3 Å². The third kappa shape index (κ3) is 1.24. The number of hydrogen-bond acceptors (Lipinski definition) is 3. The summed E-state index contributed by atoms with van der Waals surface area (Å²) >= 11 is 0. The zero-order chi connectivity index (χ0) is 12.0. The molecule has 2 heterocycles. The van der Waals surface area contributed by atoms with Gasteiger partial charge in [0.05, 0.1) is 17.1 Å². The topological polar surface area (TPSA) is 93.2 Å². The number of aromatic amines is 1. The summed E-state index contributed by atoms with van der Waals surface area (Å²) in [6, 6.07) is 7.02. The molecular formula is C11H8N4O2. The van der Waals surface area contributed by atoms with Gasteiger partial charge in [-0.3, -0.25) is 9.59 Å². The molecule has 0 aliphatic rings. The largest absolute Gasteiger partial charge is 0.365 e. The molecule has 0 spiro atoms. The highest BCUT2D eigenvalue weighted by atomic mass is 16.1.